The number of para-hydroxylation sites is 1. The van der Waals surface area contributed by atoms with Crippen LogP contribution in [-0.2, 0) is 14.6 Å². The van der Waals surface area contributed by atoms with Crippen molar-refractivity contribution in [3.8, 4) is 0 Å². The van der Waals surface area contributed by atoms with Gasteiger partial charge in [0.25, 0.3) is 11.8 Å². The Kier molecular flexibility index (Phi) is 6.04. The molecule has 0 bridgehead atoms. The SMILES string of the molecule is O=C(N[C@H]1N=C(c2ccccc2)c2ccccc2NC1=O)c1cccnc1N1CCS(=O)(=O)CC1. The third-order valence-corrected chi connectivity index (χ3v) is 7.55. The molecule has 0 saturated carbocycles. The van der Waals surface area contributed by atoms with E-state index in [1.165, 1.54) is 0 Å². The van der Waals surface area contributed by atoms with E-state index in [2.05, 4.69) is 20.6 Å². The Labute approximate surface area is 202 Å². The minimum Gasteiger partial charge on any atom is -0.354 e. The van der Waals surface area contributed by atoms with Gasteiger partial charge in [-0.1, -0.05) is 48.5 Å². The Morgan fingerprint density at radius 3 is 2.46 bits per heavy atom. The van der Waals surface area contributed by atoms with Crippen molar-refractivity contribution < 1.29 is 18.0 Å². The molecule has 1 fully saturated rings. The molecular formula is C25H23N5O4S. The molecule has 2 amide bonds. The highest BCUT2D eigenvalue weighted by Gasteiger charge is 2.30. The molecule has 1 saturated heterocycles. The fourth-order valence-electron chi connectivity index (χ4n) is 4.13. The highest BCUT2D eigenvalue weighted by Crippen LogP contribution is 2.24. The van der Waals surface area contributed by atoms with Crippen molar-refractivity contribution in [3.63, 3.8) is 0 Å². The molecule has 2 aliphatic heterocycles. The number of benzene rings is 2. The number of benzodiazepines with no additional fused rings is 1. The van der Waals surface area contributed by atoms with Crippen LogP contribution in [0.5, 0.6) is 0 Å². The quantitative estimate of drug-likeness (QED) is 0.577. The molecule has 1 aromatic heterocycles. The number of aliphatic imine (C=N–C) groups is 1. The Morgan fingerprint density at radius 2 is 1.69 bits per heavy atom. The molecule has 5 rings (SSSR count). The summed E-state index contributed by atoms with van der Waals surface area (Å²) < 4.78 is 23.7. The molecule has 2 aromatic carbocycles. The summed E-state index contributed by atoms with van der Waals surface area (Å²) in [5.41, 5.74) is 3.00. The minimum atomic E-state index is -3.09. The highest BCUT2D eigenvalue weighted by atomic mass is 32.2. The monoisotopic (exact) mass is 489 g/mol. The first-order valence-electron chi connectivity index (χ1n) is 11.2. The molecule has 0 unspecified atom stereocenters. The molecule has 0 radical (unpaired) electrons. The topological polar surface area (TPSA) is 121 Å². The summed E-state index contributed by atoms with van der Waals surface area (Å²) in [4.78, 5) is 37.1. The maximum atomic E-state index is 13.3. The maximum absolute atomic E-state index is 13.3. The standard InChI is InChI=1S/C25H23N5O4S/c31-24(19-10-6-12-26-23(19)30-13-15-35(33,34)16-14-30)29-22-25(32)27-20-11-5-4-9-18(20)21(28-22)17-7-2-1-3-8-17/h1-12,22H,13-16H2,(H,27,32)(H,29,31)/t22-/m1/s1. The largest absolute Gasteiger partial charge is 0.354 e. The first kappa shape index (κ1) is 22.7. The number of amides is 2. The predicted octanol–water partition coefficient (Wildman–Crippen LogP) is 1.86. The molecule has 178 valence electrons. The molecule has 9 nitrogen and oxygen atoms in total. The average Bonchev–Trinajstić information content (AvgIpc) is 3.01. The van der Waals surface area contributed by atoms with Crippen molar-refractivity contribution in [1.29, 1.82) is 0 Å². The Hall–Kier alpha value is -4.05. The van der Waals surface area contributed by atoms with Gasteiger partial charge in [-0.25, -0.2) is 18.4 Å². The number of sulfone groups is 1. The number of aromatic nitrogens is 1. The van der Waals surface area contributed by atoms with Crippen LogP contribution in [0.1, 0.15) is 21.5 Å². The Bertz CT molecular complexity index is 1410. The Balaban J connectivity index is 1.47. The fraction of sp³-hybridized carbons (Fsp3) is 0.200. The number of nitrogens with one attached hydrogen (secondary N) is 2. The van der Waals surface area contributed by atoms with E-state index in [1.807, 2.05) is 48.5 Å². The number of pyridine rings is 1. The van der Waals surface area contributed by atoms with Crippen LogP contribution >= 0.6 is 0 Å². The fourth-order valence-corrected chi connectivity index (χ4v) is 5.33. The number of fused-ring (bicyclic) bond motifs is 1. The third kappa shape index (κ3) is 4.78. The van der Waals surface area contributed by atoms with Gasteiger partial charge in [-0.15, -0.1) is 0 Å². The molecule has 35 heavy (non-hydrogen) atoms. The second kappa shape index (κ2) is 9.30. The summed E-state index contributed by atoms with van der Waals surface area (Å²) in [6.07, 6.45) is 0.371. The van der Waals surface area contributed by atoms with Gasteiger partial charge in [-0.2, -0.15) is 0 Å². The minimum absolute atomic E-state index is 0.00134. The normalized spacial score (nSPS) is 19.1. The van der Waals surface area contributed by atoms with Gasteiger partial charge in [0.1, 0.15) is 5.82 Å². The van der Waals surface area contributed by atoms with E-state index in [9.17, 15) is 18.0 Å². The molecule has 3 aromatic rings. The molecule has 2 aliphatic rings. The van der Waals surface area contributed by atoms with Crippen LogP contribution in [0, 0.1) is 0 Å². The summed E-state index contributed by atoms with van der Waals surface area (Å²) in [7, 11) is -3.09. The van der Waals surface area contributed by atoms with E-state index < -0.39 is 27.8 Å². The van der Waals surface area contributed by atoms with Crippen molar-refractivity contribution in [2.45, 2.75) is 6.17 Å². The Morgan fingerprint density at radius 1 is 0.971 bits per heavy atom. The zero-order valence-electron chi connectivity index (χ0n) is 18.7. The first-order valence-corrected chi connectivity index (χ1v) is 13.0. The van der Waals surface area contributed by atoms with E-state index in [4.69, 9.17) is 0 Å². The summed E-state index contributed by atoms with van der Waals surface area (Å²) in [6, 6.07) is 20.0. The number of nitrogens with zero attached hydrogens (tertiary/aromatic N) is 3. The van der Waals surface area contributed by atoms with Gasteiger partial charge < -0.3 is 15.5 Å². The second-order valence-corrected chi connectivity index (χ2v) is 10.6. The van der Waals surface area contributed by atoms with Gasteiger partial charge in [0.2, 0.25) is 6.17 Å². The second-order valence-electron chi connectivity index (χ2n) is 8.27. The molecule has 10 heteroatoms. The van der Waals surface area contributed by atoms with E-state index in [1.54, 1.807) is 29.3 Å². The lowest BCUT2D eigenvalue weighted by molar-refractivity contribution is -0.117. The first-order chi connectivity index (χ1) is 16.9. The number of carbonyl (C=O) groups is 2. The summed E-state index contributed by atoms with van der Waals surface area (Å²) in [5, 5.41) is 5.59. The van der Waals surface area contributed by atoms with Gasteiger partial charge in [0, 0.05) is 30.4 Å². The van der Waals surface area contributed by atoms with Gasteiger partial charge in [0.15, 0.2) is 9.84 Å². The number of anilines is 2. The van der Waals surface area contributed by atoms with Crippen LogP contribution in [0.3, 0.4) is 0 Å². The molecule has 3 heterocycles. The lowest BCUT2D eigenvalue weighted by Gasteiger charge is -2.29. The lowest BCUT2D eigenvalue weighted by atomic mass is 10.0. The van der Waals surface area contributed by atoms with Crippen molar-refractivity contribution in [2.75, 3.05) is 34.8 Å². The van der Waals surface area contributed by atoms with Gasteiger partial charge in [-0.3, -0.25) is 9.59 Å². The highest BCUT2D eigenvalue weighted by molar-refractivity contribution is 7.91. The smallest absolute Gasteiger partial charge is 0.269 e. The number of hydrogen-bond donors (Lipinski definition) is 2. The van der Waals surface area contributed by atoms with E-state index in [-0.39, 0.29) is 30.2 Å². The van der Waals surface area contributed by atoms with E-state index >= 15 is 0 Å². The van der Waals surface area contributed by atoms with Crippen molar-refractivity contribution in [1.82, 2.24) is 10.3 Å². The predicted molar refractivity (Wildman–Crippen MR) is 134 cm³/mol. The molecular weight excluding hydrogens is 466 g/mol. The van der Waals surface area contributed by atoms with Crippen LogP contribution in [-0.4, -0.2) is 61.7 Å². The van der Waals surface area contributed by atoms with Crippen molar-refractivity contribution >= 4 is 38.9 Å². The van der Waals surface area contributed by atoms with Gasteiger partial charge >= 0.3 is 0 Å². The number of rotatable bonds is 4. The van der Waals surface area contributed by atoms with E-state index in [0.717, 1.165) is 11.1 Å². The van der Waals surface area contributed by atoms with Crippen molar-refractivity contribution in [2.24, 2.45) is 4.99 Å². The molecule has 0 aliphatic carbocycles. The summed E-state index contributed by atoms with van der Waals surface area (Å²) >= 11 is 0. The zero-order valence-corrected chi connectivity index (χ0v) is 19.5. The molecule has 1 atom stereocenters. The van der Waals surface area contributed by atoms with Gasteiger partial charge in [0.05, 0.1) is 28.5 Å². The zero-order chi connectivity index (χ0) is 24.4. The van der Waals surface area contributed by atoms with Crippen LogP contribution in [0.25, 0.3) is 0 Å². The van der Waals surface area contributed by atoms with Crippen LogP contribution < -0.4 is 15.5 Å². The van der Waals surface area contributed by atoms with Crippen LogP contribution in [0.15, 0.2) is 77.9 Å². The maximum Gasteiger partial charge on any atom is 0.269 e. The average molecular weight is 490 g/mol. The number of carbonyl (C=O) groups excluding carboxylic acids is 2. The van der Waals surface area contributed by atoms with Crippen molar-refractivity contribution in [3.05, 3.63) is 89.6 Å². The third-order valence-electron chi connectivity index (χ3n) is 5.94. The van der Waals surface area contributed by atoms with Crippen LogP contribution in [0.2, 0.25) is 0 Å². The van der Waals surface area contributed by atoms with E-state index in [0.29, 0.717) is 17.2 Å². The summed E-state index contributed by atoms with van der Waals surface area (Å²) in [5.74, 6) is -0.614. The molecule has 2 N–H and O–H groups in total. The summed E-state index contributed by atoms with van der Waals surface area (Å²) in [6.45, 7) is 0.490. The van der Waals surface area contributed by atoms with Gasteiger partial charge in [-0.05, 0) is 18.2 Å². The number of hydrogen-bond acceptors (Lipinski definition) is 7. The van der Waals surface area contributed by atoms with Crippen LogP contribution in [0.4, 0.5) is 11.5 Å². The lowest BCUT2D eigenvalue weighted by Crippen LogP contribution is -2.44. The molecule has 0 spiro atoms.